The molecule has 10 nitrogen and oxygen atoms in total. The van der Waals surface area contributed by atoms with Crippen LogP contribution < -0.4 is 10.0 Å². The Morgan fingerprint density at radius 1 is 1.02 bits per heavy atom. The van der Waals surface area contributed by atoms with Gasteiger partial charge in [0.2, 0.25) is 0 Å². The van der Waals surface area contributed by atoms with Crippen LogP contribution in [0.1, 0.15) is 21.6 Å². The van der Waals surface area contributed by atoms with Crippen LogP contribution in [0.4, 0.5) is 5.69 Å². The minimum atomic E-state index is -3.99. The van der Waals surface area contributed by atoms with Crippen LogP contribution in [0.3, 0.4) is 0 Å². The van der Waals surface area contributed by atoms with Crippen LogP contribution >= 0.6 is 11.8 Å². The van der Waals surface area contributed by atoms with E-state index >= 15 is 0 Å². The number of aromatic nitrogens is 2. The van der Waals surface area contributed by atoms with Gasteiger partial charge in [0.25, 0.3) is 15.9 Å². The topological polar surface area (TPSA) is 121 Å². The summed E-state index contributed by atoms with van der Waals surface area (Å²) in [6.45, 7) is 1.98. The van der Waals surface area contributed by atoms with E-state index in [1.54, 1.807) is 67.8 Å². The Bertz CT molecular complexity index is 1570. The summed E-state index contributed by atoms with van der Waals surface area (Å²) < 4.78 is 47.2. The zero-order chi connectivity index (χ0) is 29.4. The number of rotatable bonds is 14. The van der Waals surface area contributed by atoms with Crippen LogP contribution in [0.15, 0.2) is 78.0 Å². The van der Waals surface area contributed by atoms with Crippen molar-refractivity contribution in [2.75, 3.05) is 32.6 Å². The molecule has 0 radical (unpaired) electrons. The third kappa shape index (κ3) is 7.27. The molecule has 4 rings (SSSR count). The predicted molar refractivity (Wildman–Crippen MR) is 160 cm³/mol. The lowest BCUT2D eigenvalue weighted by atomic mass is 10.2. The minimum absolute atomic E-state index is 0.0264. The zero-order valence-electron chi connectivity index (χ0n) is 23.4. The standard InChI is InChI=1S/C29H34N4O6S2/c1-20-10-9-15-30-28(20)41(35,36)32-23-14-8-13-22-16-24(33(19-37-2)26(22)23)27(34)31-17-25(29(38-3)39-4)40-18-21-11-6-5-7-12-21/h5-16,25,29,32H,17-19H2,1-4H3,(H,31,34). The number of anilines is 1. The highest BCUT2D eigenvalue weighted by molar-refractivity contribution is 7.99. The molecule has 0 bridgehead atoms. The van der Waals surface area contributed by atoms with Crippen LogP contribution in [0.2, 0.25) is 0 Å². The Hall–Kier alpha value is -3.42. The lowest BCUT2D eigenvalue weighted by Gasteiger charge is -2.25. The van der Waals surface area contributed by atoms with Crippen LogP contribution in [0, 0.1) is 6.92 Å². The van der Waals surface area contributed by atoms with Crippen molar-refractivity contribution in [3.63, 3.8) is 0 Å². The van der Waals surface area contributed by atoms with Gasteiger partial charge in [-0.2, -0.15) is 8.42 Å². The summed E-state index contributed by atoms with van der Waals surface area (Å²) in [6.07, 6.45) is 0.895. The van der Waals surface area contributed by atoms with Crippen LogP contribution in [-0.4, -0.2) is 63.3 Å². The number of ether oxygens (including phenoxy) is 3. The molecular formula is C29H34N4O6S2. The van der Waals surface area contributed by atoms with Gasteiger partial charge in [-0.3, -0.25) is 9.52 Å². The summed E-state index contributed by atoms with van der Waals surface area (Å²) in [6, 6.07) is 20.3. The number of nitrogens with zero attached hydrogens (tertiary/aromatic N) is 2. The number of carbonyl (C=O) groups is 1. The fraction of sp³-hybridized carbons (Fsp3) is 0.310. The Morgan fingerprint density at radius 3 is 2.46 bits per heavy atom. The maximum absolute atomic E-state index is 13.5. The van der Waals surface area contributed by atoms with E-state index in [2.05, 4.69) is 15.0 Å². The van der Waals surface area contributed by atoms with Gasteiger partial charge in [-0.05, 0) is 36.2 Å². The van der Waals surface area contributed by atoms with Crippen LogP contribution in [0.25, 0.3) is 10.9 Å². The zero-order valence-corrected chi connectivity index (χ0v) is 25.0. The monoisotopic (exact) mass is 598 g/mol. The molecule has 1 unspecified atom stereocenters. The first-order chi connectivity index (χ1) is 19.8. The summed E-state index contributed by atoms with van der Waals surface area (Å²) in [5.74, 6) is 0.372. The molecule has 0 spiro atoms. The van der Waals surface area contributed by atoms with Gasteiger partial charge < -0.3 is 24.1 Å². The average Bonchev–Trinajstić information content (AvgIpc) is 3.34. The fourth-order valence-electron chi connectivity index (χ4n) is 4.50. The molecule has 0 saturated carbocycles. The molecule has 2 heterocycles. The number of carbonyl (C=O) groups excluding carboxylic acids is 1. The number of hydrogen-bond donors (Lipinski definition) is 2. The van der Waals surface area contributed by atoms with E-state index in [1.165, 1.54) is 13.3 Å². The molecule has 0 aliphatic heterocycles. The smallest absolute Gasteiger partial charge is 0.279 e. The largest absolute Gasteiger partial charge is 0.364 e. The number of methoxy groups -OCH3 is 3. The maximum atomic E-state index is 13.5. The summed E-state index contributed by atoms with van der Waals surface area (Å²) in [4.78, 5) is 17.6. The first-order valence-electron chi connectivity index (χ1n) is 12.8. The Kier molecular flexibility index (Phi) is 10.4. The molecule has 2 aromatic heterocycles. The normalized spacial score (nSPS) is 12.5. The van der Waals surface area contributed by atoms with Gasteiger partial charge in [0, 0.05) is 45.2 Å². The maximum Gasteiger partial charge on any atom is 0.279 e. The first-order valence-corrected chi connectivity index (χ1v) is 15.4. The lowest BCUT2D eigenvalue weighted by Crippen LogP contribution is -2.39. The average molecular weight is 599 g/mol. The van der Waals surface area contributed by atoms with Gasteiger partial charge in [-0.1, -0.05) is 48.5 Å². The number of sulfonamides is 1. The van der Waals surface area contributed by atoms with Gasteiger partial charge in [0.1, 0.15) is 12.4 Å². The van der Waals surface area contributed by atoms with Crippen molar-refractivity contribution in [3.05, 3.63) is 89.7 Å². The van der Waals surface area contributed by atoms with E-state index in [0.29, 0.717) is 33.6 Å². The van der Waals surface area contributed by atoms with E-state index in [9.17, 15) is 13.2 Å². The number of pyridine rings is 1. The molecular weight excluding hydrogens is 564 g/mol. The Labute approximate surface area is 244 Å². The minimum Gasteiger partial charge on any atom is -0.364 e. The number of benzene rings is 2. The molecule has 0 aliphatic carbocycles. The molecule has 1 atom stereocenters. The van der Waals surface area contributed by atoms with Crippen molar-refractivity contribution in [1.29, 1.82) is 0 Å². The molecule has 0 fully saturated rings. The van der Waals surface area contributed by atoms with E-state index in [0.717, 1.165) is 5.56 Å². The molecule has 0 aliphatic rings. The van der Waals surface area contributed by atoms with Crippen molar-refractivity contribution in [2.24, 2.45) is 0 Å². The van der Waals surface area contributed by atoms with Crippen molar-refractivity contribution in [1.82, 2.24) is 14.9 Å². The Balaban J connectivity index is 1.60. The summed E-state index contributed by atoms with van der Waals surface area (Å²) in [5, 5.41) is 3.41. The highest BCUT2D eigenvalue weighted by atomic mass is 32.2. The van der Waals surface area contributed by atoms with Crippen LogP contribution in [-0.2, 0) is 36.7 Å². The highest BCUT2D eigenvalue weighted by Crippen LogP contribution is 2.30. The van der Waals surface area contributed by atoms with E-state index in [4.69, 9.17) is 14.2 Å². The summed E-state index contributed by atoms with van der Waals surface area (Å²) in [7, 11) is 0.653. The molecule has 0 saturated heterocycles. The number of hydrogen-bond acceptors (Lipinski definition) is 8. The van der Waals surface area contributed by atoms with Gasteiger partial charge >= 0.3 is 0 Å². The fourth-order valence-corrected chi connectivity index (χ4v) is 6.92. The number of nitrogens with one attached hydrogen (secondary N) is 2. The second kappa shape index (κ2) is 14.0. The number of para-hydroxylation sites is 1. The van der Waals surface area contributed by atoms with Crippen molar-refractivity contribution < 1.29 is 27.4 Å². The number of amides is 1. The molecule has 218 valence electrons. The van der Waals surface area contributed by atoms with Crippen LogP contribution in [0.5, 0.6) is 0 Å². The van der Waals surface area contributed by atoms with Gasteiger partial charge in [-0.25, -0.2) is 4.98 Å². The molecule has 4 aromatic rings. The van der Waals surface area contributed by atoms with Gasteiger partial charge in [0.15, 0.2) is 11.3 Å². The third-order valence-electron chi connectivity index (χ3n) is 6.41. The Morgan fingerprint density at radius 2 is 1.78 bits per heavy atom. The summed E-state index contributed by atoms with van der Waals surface area (Å²) in [5.41, 5.74) is 2.80. The SMILES string of the molecule is COCn1c(C(=O)NCC(SCc2ccccc2)C(OC)OC)cc2cccc(NS(=O)(=O)c3ncccc3C)c21. The van der Waals surface area contributed by atoms with Crippen molar-refractivity contribution in [3.8, 4) is 0 Å². The number of thioether (sulfide) groups is 1. The molecule has 2 N–H and O–H groups in total. The van der Waals surface area contributed by atoms with Crippen molar-refractivity contribution >= 4 is 44.3 Å². The molecule has 1 amide bonds. The molecule has 12 heteroatoms. The van der Waals surface area contributed by atoms with Gasteiger partial charge in [-0.15, -0.1) is 11.8 Å². The molecule has 2 aromatic carbocycles. The summed E-state index contributed by atoms with van der Waals surface area (Å²) >= 11 is 1.62. The second-order valence-electron chi connectivity index (χ2n) is 9.23. The highest BCUT2D eigenvalue weighted by Gasteiger charge is 2.26. The first kappa shape index (κ1) is 30.5. The second-order valence-corrected chi connectivity index (χ2v) is 12.1. The number of aryl methyl sites for hydroxylation is 1. The van der Waals surface area contributed by atoms with E-state index < -0.39 is 16.3 Å². The van der Waals surface area contributed by atoms with E-state index in [1.807, 2.05) is 36.4 Å². The predicted octanol–water partition coefficient (Wildman–Crippen LogP) is 4.40. The lowest BCUT2D eigenvalue weighted by molar-refractivity contribution is -0.101. The third-order valence-corrected chi connectivity index (χ3v) is 9.15. The molecule has 41 heavy (non-hydrogen) atoms. The van der Waals surface area contributed by atoms with E-state index in [-0.39, 0.29) is 29.5 Å². The van der Waals surface area contributed by atoms with Gasteiger partial charge in [0.05, 0.1) is 16.5 Å². The quantitative estimate of drug-likeness (QED) is 0.205. The number of fused-ring (bicyclic) bond motifs is 1. The van der Waals surface area contributed by atoms with Crippen molar-refractivity contribution in [2.45, 2.75) is 36.0 Å².